The molecule has 8 nitrogen and oxygen atoms in total. The van der Waals surface area contributed by atoms with Crippen LogP contribution in [0.15, 0.2) is 23.1 Å². The molecule has 1 aromatic heterocycles. The zero-order chi connectivity index (χ0) is 21.0. The largest absolute Gasteiger partial charge is 0.477 e. The Balaban J connectivity index is 2.80. The van der Waals surface area contributed by atoms with E-state index in [2.05, 4.69) is 0 Å². The number of carbonyl (C=O) groups excluding carboxylic acids is 2. The molecule has 0 aliphatic carbocycles. The van der Waals surface area contributed by atoms with Gasteiger partial charge in [0.1, 0.15) is 11.4 Å². The molecule has 9 heteroatoms. The number of carboxylic acids is 1. The SMILES string of the molecule is CCOC(=O)C(C(=O)OCC)c1cc2c(cc1F)c(=O)c(C(=O)O)cn2CC. The van der Waals surface area contributed by atoms with Crippen molar-refractivity contribution in [1.29, 1.82) is 0 Å². The summed E-state index contributed by atoms with van der Waals surface area (Å²) in [5.41, 5.74) is -1.49. The van der Waals surface area contributed by atoms with Crippen LogP contribution in [0.1, 0.15) is 42.6 Å². The third kappa shape index (κ3) is 3.88. The maximum absolute atomic E-state index is 14.8. The van der Waals surface area contributed by atoms with Gasteiger partial charge < -0.3 is 19.1 Å². The van der Waals surface area contributed by atoms with Crippen molar-refractivity contribution in [2.45, 2.75) is 33.2 Å². The molecule has 1 heterocycles. The fraction of sp³-hybridized carbons (Fsp3) is 0.368. The highest BCUT2D eigenvalue weighted by Gasteiger charge is 2.34. The van der Waals surface area contributed by atoms with Gasteiger partial charge in [0.25, 0.3) is 0 Å². The van der Waals surface area contributed by atoms with E-state index in [4.69, 9.17) is 9.47 Å². The number of aromatic carboxylic acids is 1. The Bertz CT molecular complexity index is 978. The van der Waals surface area contributed by atoms with Gasteiger partial charge in [-0.2, -0.15) is 0 Å². The van der Waals surface area contributed by atoms with E-state index in [-0.39, 0.29) is 36.2 Å². The van der Waals surface area contributed by atoms with Crippen LogP contribution in [-0.4, -0.2) is 40.8 Å². The van der Waals surface area contributed by atoms with Crippen molar-refractivity contribution >= 4 is 28.8 Å². The zero-order valence-corrected chi connectivity index (χ0v) is 15.7. The molecule has 0 atom stereocenters. The van der Waals surface area contributed by atoms with Crippen LogP contribution in [0.2, 0.25) is 0 Å². The number of nitrogens with zero attached hydrogens (tertiary/aromatic N) is 1. The van der Waals surface area contributed by atoms with Gasteiger partial charge in [-0.1, -0.05) is 0 Å². The van der Waals surface area contributed by atoms with Crippen molar-refractivity contribution in [3.05, 3.63) is 45.5 Å². The molecule has 0 saturated carbocycles. The fourth-order valence-corrected chi connectivity index (χ4v) is 2.86. The summed E-state index contributed by atoms with van der Waals surface area (Å²) in [6.45, 7) is 5.01. The Morgan fingerprint density at radius 3 is 2.14 bits per heavy atom. The lowest BCUT2D eigenvalue weighted by Gasteiger charge is -2.17. The number of benzene rings is 1. The first-order chi connectivity index (χ1) is 13.3. The summed E-state index contributed by atoms with van der Waals surface area (Å²) in [5.74, 6) is -6.07. The van der Waals surface area contributed by atoms with Crippen molar-refractivity contribution < 1.29 is 33.4 Å². The molecule has 0 fully saturated rings. The highest BCUT2D eigenvalue weighted by molar-refractivity contribution is 6.02. The average Bonchev–Trinajstić information content (AvgIpc) is 2.63. The lowest BCUT2D eigenvalue weighted by Crippen LogP contribution is -2.27. The number of halogens is 1. The molecule has 0 bridgehead atoms. The summed E-state index contributed by atoms with van der Waals surface area (Å²) in [6, 6.07) is 2.01. The number of carbonyl (C=O) groups is 3. The van der Waals surface area contributed by atoms with Gasteiger partial charge >= 0.3 is 17.9 Å². The molecular weight excluding hydrogens is 373 g/mol. The van der Waals surface area contributed by atoms with Crippen molar-refractivity contribution in [3.63, 3.8) is 0 Å². The first-order valence-corrected chi connectivity index (χ1v) is 8.69. The first kappa shape index (κ1) is 21.1. The second-order valence-electron chi connectivity index (χ2n) is 5.79. The molecule has 150 valence electrons. The Morgan fingerprint density at radius 1 is 1.11 bits per heavy atom. The van der Waals surface area contributed by atoms with Gasteiger partial charge in [-0.05, 0) is 32.9 Å². The van der Waals surface area contributed by atoms with Gasteiger partial charge in [0.05, 0.1) is 18.7 Å². The number of ether oxygens (including phenoxy) is 2. The van der Waals surface area contributed by atoms with Crippen LogP contribution in [0.25, 0.3) is 10.9 Å². The summed E-state index contributed by atoms with van der Waals surface area (Å²) in [7, 11) is 0. The van der Waals surface area contributed by atoms with E-state index >= 15 is 0 Å². The molecule has 0 saturated heterocycles. The maximum Gasteiger partial charge on any atom is 0.341 e. The topological polar surface area (TPSA) is 112 Å². The predicted octanol–water partition coefficient (Wildman–Crippen LogP) is 2.07. The molecule has 1 aromatic carbocycles. The maximum atomic E-state index is 14.8. The highest BCUT2D eigenvalue weighted by atomic mass is 19.1. The van der Waals surface area contributed by atoms with E-state index in [9.17, 15) is 28.7 Å². The molecule has 0 aliphatic heterocycles. The average molecular weight is 393 g/mol. The second kappa shape index (κ2) is 8.64. The van der Waals surface area contributed by atoms with Crippen LogP contribution >= 0.6 is 0 Å². The Kier molecular flexibility index (Phi) is 6.50. The monoisotopic (exact) mass is 393 g/mol. The van der Waals surface area contributed by atoms with Crippen LogP contribution in [0.3, 0.4) is 0 Å². The second-order valence-corrected chi connectivity index (χ2v) is 5.79. The van der Waals surface area contributed by atoms with E-state index in [0.29, 0.717) is 0 Å². The lowest BCUT2D eigenvalue weighted by molar-refractivity contribution is -0.157. The van der Waals surface area contributed by atoms with Crippen LogP contribution in [0.5, 0.6) is 0 Å². The van der Waals surface area contributed by atoms with Crippen LogP contribution in [0.4, 0.5) is 4.39 Å². The highest BCUT2D eigenvalue weighted by Crippen LogP contribution is 2.27. The summed E-state index contributed by atoms with van der Waals surface area (Å²) in [4.78, 5) is 48.2. The lowest BCUT2D eigenvalue weighted by atomic mass is 9.96. The molecule has 28 heavy (non-hydrogen) atoms. The van der Waals surface area contributed by atoms with Gasteiger partial charge in [-0.25, -0.2) is 9.18 Å². The molecule has 0 amide bonds. The molecule has 0 spiro atoms. The van der Waals surface area contributed by atoms with Gasteiger partial charge in [-0.15, -0.1) is 0 Å². The molecule has 0 aliphatic rings. The number of aromatic nitrogens is 1. The quantitative estimate of drug-likeness (QED) is 0.566. The third-order valence-electron chi connectivity index (χ3n) is 4.13. The predicted molar refractivity (Wildman–Crippen MR) is 96.8 cm³/mol. The van der Waals surface area contributed by atoms with Crippen LogP contribution < -0.4 is 5.43 Å². The summed E-state index contributed by atoms with van der Waals surface area (Å²) >= 11 is 0. The first-order valence-electron chi connectivity index (χ1n) is 8.69. The normalized spacial score (nSPS) is 10.9. The van der Waals surface area contributed by atoms with Gasteiger partial charge in [0.2, 0.25) is 5.43 Å². The Labute approximate surface area is 159 Å². The number of pyridine rings is 1. The van der Waals surface area contributed by atoms with Crippen molar-refractivity contribution in [2.24, 2.45) is 0 Å². The van der Waals surface area contributed by atoms with Gasteiger partial charge in [0.15, 0.2) is 5.92 Å². The minimum Gasteiger partial charge on any atom is -0.477 e. The zero-order valence-electron chi connectivity index (χ0n) is 15.7. The summed E-state index contributed by atoms with van der Waals surface area (Å²) in [6.07, 6.45) is 1.14. The number of hydrogen-bond donors (Lipinski definition) is 1. The molecule has 1 N–H and O–H groups in total. The fourth-order valence-electron chi connectivity index (χ4n) is 2.86. The molecule has 2 aromatic rings. The number of esters is 2. The minimum atomic E-state index is -1.66. The summed E-state index contributed by atoms with van der Waals surface area (Å²) in [5, 5.41) is 9.02. The van der Waals surface area contributed by atoms with E-state index in [1.807, 2.05) is 0 Å². The van der Waals surface area contributed by atoms with Crippen LogP contribution in [0, 0.1) is 5.82 Å². The molecule has 2 rings (SSSR count). The number of aryl methyl sites for hydroxylation is 1. The Morgan fingerprint density at radius 2 is 1.68 bits per heavy atom. The Hall–Kier alpha value is -3.23. The van der Waals surface area contributed by atoms with E-state index < -0.39 is 40.6 Å². The van der Waals surface area contributed by atoms with Crippen LogP contribution in [-0.2, 0) is 25.6 Å². The smallest absolute Gasteiger partial charge is 0.341 e. The van der Waals surface area contributed by atoms with E-state index in [0.717, 1.165) is 12.3 Å². The molecular formula is C19H20FNO7. The van der Waals surface area contributed by atoms with Gasteiger partial charge in [-0.3, -0.25) is 14.4 Å². The van der Waals surface area contributed by atoms with E-state index in [1.165, 1.54) is 10.6 Å². The van der Waals surface area contributed by atoms with E-state index in [1.54, 1.807) is 20.8 Å². The number of hydrogen-bond acceptors (Lipinski definition) is 6. The molecule has 0 unspecified atom stereocenters. The number of fused-ring (bicyclic) bond motifs is 1. The van der Waals surface area contributed by atoms with Crippen molar-refractivity contribution in [1.82, 2.24) is 4.57 Å². The van der Waals surface area contributed by atoms with Crippen molar-refractivity contribution in [3.8, 4) is 0 Å². The van der Waals surface area contributed by atoms with Crippen molar-refractivity contribution in [2.75, 3.05) is 13.2 Å². The number of carboxylic acid groups (broad SMARTS) is 1. The molecule has 0 radical (unpaired) electrons. The number of rotatable bonds is 7. The summed E-state index contributed by atoms with van der Waals surface area (Å²) < 4.78 is 26.0. The standard InChI is InChI=1S/C19H20FNO7/c1-4-21-9-12(17(23)24)16(22)11-7-13(20)10(8-14(11)21)15(18(25)27-5-2)19(26)28-6-3/h7-9,15H,4-6H2,1-3H3,(H,23,24). The van der Waals surface area contributed by atoms with Gasteiger partial charge in [0, 0.05) is 23.7 Å². The third-order valence-corrected chi connectivity index (χ3v) is 4.13. The minimum absolute atomic E-state index is 0.0222.